The summed E-state index contributed by atoms with van der Waals surface area (Å²) in [5, 5.41) is 2.74. The molecule has 1 fully saturated rings. The molecule has 1 aliphatic carbocycles. The van der Waals surface area contributed by atoms with Crippen LogP contribution in [0, 0.1) is 18.8 Å². The van der Waals surface area contributed by atoms with Crippen molar-refractivity contribution in [2.45, 2.75) is 38.6 Å². The maximum absolute atomic E-state index is 10.2. The number of carbonyl (C=O) groups excluding carboxylic acids is 1. The van der Waals surface area contributed by atoms with E-state index in [1.807, 2.05) is 0 Å². The molecule has 0 bridgehead atoms. The zero-order chi connectivity index (χ0) is 8.97. The van der Waals surface area contributed by atoms with Gasteiger partial charge in [0.25, 0.3) is 0 Å². The predicted octanol–water partition coefficient (Wildman–Crippen LogP) is 1.76. The molecular formula is C10H18NO. The van der Waals surface area contributed by atoms with Crippen LogP contribution in [0.4, 0.5) is 0 Å². The molecule has 2 nitrogen and oxygen atoms in total. The first-order valence-electron chi connectivity index (χ1n) is 4.76. The average molecular weight is 168 g/mol. The molecule has 0 aromatic rings. The summed E-state index contributed by atoms with van der Waals surface area (Å²) < 4.78 is 0. The van der Waals surface area contributed by atoms with Gasteiger partial charge in [-0.25, -0.2) is 0 Å². The van der Waals surface area contributed by atoms with Crippen LogP contribution in [0.25, 0.3) is 0 Å². The third-order valence-electron chi connectivity index (χ3n) is 2.91. The van der Waals surface area contributed by atoms with Gasteiger partial charge in [-0.15, -0.1) is 0 Å². The monoisotopic (exact) mass is 168 g/mol. The second-order valence-electron chi connectivity index (χ2n) is 3.91. The molecular weight excluding hydrogens is 150 g/mol. The molecule has 1 radical (unpaired) electrons. The summed E-state index contributed by atoms with van der Waals surface area (Å²) in [6.07, 6.45) is 5.77. The maximum atomic E-state index is 10.2. The lowest BCUT2D eigenvalue weighted by Gasteiger charge is -2.30. The van der Waals surface area contributed by atoms with Crippen LogP contribution in [0.2, 0.25) is 0 Å². The molecule has 0 heterocycles. The molecule has 0 spiro atoms. The number of hydrogen-bond acceptors (Lipinski definition) is 1. The van der Waals surface area contributed by atoms with E-state index in [2.05, 4.69) is 19.2 Å². The number of rotatable bonds is 3. The summed E-state index contributed by atoms with van der Waals surface area (Å²) >= 11 is 0. The van der Waals surface area contributed by atoms with Crippen LogP contribution in [0.15, 0.2) is 0 Å². The van der Waals surface area contributed by atoms with Crippen molar-refractivity contribution in [2.75, 3.05) is 0 Å². The zero-order valence-electron chi connectivity index (χ0n) is 7.75. The Morgan fingerprint density at radius 1 is 1.42 bits per heavy atom. The van der Waals surface area contributed by atoms with Crippen molar-refractivity contribution in [1.29, 1.82) is 0 Å². The second-order valence-corrected chi connectivity index (χ2v) is 3.91. The predicted molar refractivity (Wildman–Crippen MR) is 49.5 cm³/mol. The highest BCUT2D eigenvalue weighted by Crippen LogP contribution is 2.29. The van der Waals surface area contributed by atoms with E-state index in [1.165, 1.54) is 25.7 Å². The number of nitrogens with one attached hydrogen (secondary N) is 1. The third-order valence-corrected chi connectivity index (χ3v) is 2.91. The van der Waals surface area contributed by atoms with E-state index in [4.69, 9.17) is 0 Å². The Balaban J connectivity index is 2.28. The van der Waals surface area contributed by atoms with Gasteiger partial charge in [0.2, 0.25) is 6.41 Å². The molecule has 1 rings (SSSR count). The minimum atomic E-state index is 0.120. The molecule has 1 saturated carbocycles. The van der Waals surface area contributed by atoms with E-state index in [1.54, 1.807) is 0 Å². The van der Waals surface area contributed by atoms with Crippen molar-refractivity contribution in [3.63, 3.8) is 0 Å². The molecule has 0 aromatic heterocycles. The van der Waals surface area contributed by atoms with Crippen LogP contribution in [-0.4, -0.2) is 12.5 Å². The molecule has 1 aliphatic rings. The van der Waals surface area contributed by atoms with Crippen molar-refractivity contribution in [1.82, 2.24) is 5.32 Å². The Labute approximate surface area is 74.7 Å². The second kappa shape index (κ2) is 4.48. The van der Waals surface area contributed by atoms with Crippen molar-refractivity contribution in [3.05, 3.63) is 6.92 Å². The van der Waals surface area contributed by atoms with Crippen LogP contribution >= 0.6 is 0 Å². The van der Waals surface area contributed by atoms with Crippen molar-refractivity contribution >= 4 is 6.41 Å². The van der Waals surface area contributed by atoms with Gasteiger partial charge in [-0.05, 0) is 31.6 Å². The van der Waals surface area contributed by atoms with Gasteiger partial charge in [-0.3, -0.25) is 4.79 Å². The average Bonchev–Trinajstić information content (AvgIpc) is 2.06. The zero-order valence-corrected chi connectivity index (χ0v) is 7.75. The topological polar surface area (TPSA) is 29.1 Å². The van der Waals surface area contributed by atoms with E-state index in [9.17, 15) is 4.79 Å². The van der Waals surface area contributed by atoms with Gasteiger partial charge in [0.05, 0.1) is 0 Å². The fourth-order valence-electron chi connectivity index (χ4n) is 1.91. The first-order valence-corrected chi connectivity index (χ1v) is 4.76. The Bertz CT molecular complexity index is 139. The van der Waals surface area contributed by atoms with E-state index in [0.717, 1.165) is 12.3 Å². The quantitative estimate of drug-likeness (QED) is 0.639. The lowest BCUT2D eigenvalue weighted by atomic mass is 9.80. The minimum Gasteiger partial charge on any atom is -0.356 e. The molecule has 1 N–H and O–H groups in total. The largest absolute Gasteiger partial charge is 0.356 e. The van der Waals surface area contributed by atoms with Crippen molar-refractivity contribution in [3.8, 4) is 0 Å². The molecule has 0 aromatic carbocycles. The third kappa shape index (κ3) is 2.50. The molecule has 0 saturated heterocycles. The van der Waals surface area contributed by atoms with Crippen molar-refractivity contribution < 1.29 is 4.79 Å². The van der Waals surface area contributed by atoms with Gasteiger partial charge >= 0.3 is 0 Å². The molecule has 12 heavy (non-hydrogen) atoms. The Kier molecular flexibility index (Phi) is 3.57. The molecule has 1 amide bonds. The highest BCUT2D eigenvalue weighted by Gasteiger charge is 2.22. The first-order chi connectivity index (χ1) is 5.74. The summed E-state index contributed by atoms with van der Waals surface area (Å²) in [5.41, 5.74) is 0. The summed E-state index contributed by atoms with van der Waals surface area (Å²) in [6, 6.07) is 0.120. The summed E-state index contributed by atoms with van der Waals surface area (Å²) in [7, 11) is 0. The van der Waals surface area contributed by atoms with Crippen LogP contribution in [-0.2, 0) is 4.79 Å². The van der Waals surface area contributed by atoms with E-state index >= 15 is 0 Å². The van der Waals surface area contributed by atoms with E-state index in [-0.39, 0.29) is 6.04 Å². The minimum absolute atomic E-state index is 0.120. The molecule has 0 aliphatic heterocycles. The lowest BCUT2D eigenvalue weighted by Crippen LogP contribution is -2.34. The van der Waals surface area contributed by atoms with Gasteiger partial charge in [-0.1, -0.05) is 19.8 Å². The van der Waals surface area contributed by atoms with Crippen LogP contribution in [0.5, 0.6) is 0 Å². The first kappa shape index (κ1) is 9.56. The SMILES string of the molecule is [CH2]C(NC=O)C1CCC(C)CC1. The standard InChI is InChI=1S/C10H18NO/c1-8-3-5-10(6-4-8)9(2)11-7-12/h7-10H,2-6H2,1H3,(H,11,12). The van der Waals surface area contributed by atoms with Gasteiger partial charge in [-0.2, -0.15) is 0 Å². The summed E-state index contributed by atoms with van der Waals surface area (Å²) in [6.45, 7) is 6.23. The van der Waals surface area contributed by atoms with Gasteiger partial charge in [0, 0.05) is 6.04 Å². The normalized spacial score (nSPS) is 32.5. The highest BCUT2D eigenvalue weighted by molar-refractivity contribution is 5.46. The van der Waals surface area contributed by atoms with Crippen LogP contribution in [0.1, 0.15) is 32.6 Å². The van der Waals surface area contributed by atoms with Crippen LogP contribution in [0.3, 0.4) is 0 Å². The van der Waals surface area contributed by atoms with Gasteiger partial charge in [0.15, 0.2) is 0 Å². The van der Waals surface area contributed by atoms with Crippen molar-refractivity contribution in [2.24, 2.45) is 11.8 Å². The highest BCUT2D eigenvalue weighted by atomic mass is 16.1. The Morgan fingerprint density at radius 2 is 2.00 bits per heavy atom. The molecule has 1 unspecified atom stereocenters. The molecule has 69 valence electrons. The Hall–Kier alpha value is -0.530. The maximum Gasteiger partial charge on any atom is 0.207 e. The number of carbonyl (C=O) groups is 1. The summed E-state index contributed by atoms with van der Waals surface area (Å²) in [4.78, 5) is 10.2. The number of amides is 1. The fourth-order valence-corrected chi connectivity index (χ4v) is 1.91. The number of hydrogen-bond donors (Lipinski definition) is 1. The molecule has 1 atom stereocenters. The summed E-state index contributed by atoms with van der Waals surface area (Å²) in [5.74, 6) is 1.47. The van der Waals surface area contributed by atoms with E-state index in [0.29, 0.717) is 5.92 Å². The van der Waals surface area contributed by atoms with Crippen LogP contribution < -0.4 is 5.32 Å². The van der Waals surface area contributed by atoms with Gasteiger partial charge in [0.1, 0.15) is 0 Å². The smallest absolute Gasteiger partial charge is 0.207 e. The van der Waals surface area contributed by atoms with E-state index < -0.39 is 0 Å². The molecule has 2 heteroatoms. The Morgan fingerprint density at radius 3 is 2.50 bits per heavy atom. The fraction of sp³-hybridized carbons (Fsp3) is 0.800. The lowest BCUT2D eigenvalue weighted by molar-refractivity contribution is -0.110. The van der Waals surface area contributed by atoms with Gasteiger partial charge < -0.3 is 5.32 Å².